The minimum absolute atomic E-state index is 0.250. The van der Waals surface area contributed by atoms with Gasteiger partial charge in [0.2, 0.25) is 0 Å². The summed E-state index contributed by atoms with van der Waals surface area (Å²) in [7, 11) is 1.90. The molecule has 5 nitrogen and oxygen atoms in total. The van der Waals surface area contributed by atoms with Gasteiger partial charge in [-0.3, -0.25) is 4.79 Å². The predicted octanol–water partition coefficient (Wildman–Crippen LogP) is 3.58. The van der Waals surface area contributed by atoms with Gasteiger partial charge in [-0.2, -0.15) is 0 Å². The molecule has 146 valence electrons. The van der Waals surface area contributed by atoms with E-state index in [1.807, 2.05) is 13.2 Å². The molecule has 1 saturated heterocycles. The van der Waals surface area contributed by atoms with Crippen molar-refractivity contribution in [2.24, 2.45) is 5.41 Å². The van der Waals surface area contributed by atoms with Gasteiger partial charge in [0.1, 0.15) is 0 Å². The summed E-state index contributed by atoms with van der Waals surface area (Å²) >= 11 is 0. The van der Waals surface area contributed by atoms with E-state index in [0.29, 0.717) is 11.5 Å². The monoisotopic (exact) mass is 363 g/mol. The third kappa shape index (κ3) is 6.08. The van der Waals surface area contributed by atoms with Gasteiger partial charge in [0.15, 0.2) is 0 Å². The van der Waals surface area contributed by atoms with Gasteiger partial charge in [0, 0.05) is 32.2 Å². The van der Waals surface area contributed by atoms with Crippen LogP contribution in [0.5, 0.6) is 0 Å². The molecule has 0 aromatic heterocycles. The number of benzene rings is 1. The maximum Gasteiger partial charge on any atom is 0.290 e. The Kier molecular flexibility index (Phi) is 9.09. The average Bonchev–Trinajstić information content (AvgIpc) is 3.04. The smallest absolute Gasteiger partial charge is 0.290 e. The van der Waals surface area contributed by atoms with Crippen LogP contribution in [-0.2, 0) is 20.9 Å². The zero-order valence-electron chi connectivity index (χ0n) is 15.9. The molecule has 1 aliphatic heterocycles. The molecule has 1 heterocycles. The van der Waals surface area contributed by atoms with E-state index in [2.05, 4.69) is 29.2 Å². The molecule has 2 aliphatic rings. The highest BCUT2D eigenvalue weighted by Crippen LogP contribution is 2.46. The summed E-state index contributed by atoms with van der Waals surface area (Å²) in [4.78, 5) is 11.0. The lowest BCUT2D eigenvalue weighted by atomic mass is 9.76. The molecule has 26 heavy (non-hydrogen) atoms. The highest BCUT2D eigenvalue weighted by Gasteiger charge is 2.45. The Balaban J connectivity index is 0.000000758. The van der Waals surface area contributed by atoms with Crippen molar-refractivity contribution in [1.29, 1.82) is 0 Å². The van der Waals surface area contributed by atoms with Crippen molar-refractivity contribution in [3.63, 3.8) is 0 Å². The zero-order chi connectivity index (χ0) is 18.7. The minimum atomic E-state index is -0.250. The summed E-state index contributed by atoms with van der Waals surface area (Å²) in [5, 5.41) is 6.89. The van der Waals surface area contributed by atoms with Crippen LogP contribution in [0.4, 0.5) is 0 Å². The molecule has 1 aromatic carbocycles. The summed E-state index contributed by atoms with van der Waals surface area (Å²) in [5.74, 6) is 0. The normalized spacial score (nSPS) is 25.7. The first kappa shape index (κ1) is 20.9. The van der Waals surface area contributed by atoms with Gasteiger partial charge in [0.25, 0.3) is 6.47 Å². The summed E-state index contributed by atoms with van der Waals surface area (Å²) in [5.41, 5.74) is 1.70. The molecule has 0 unspecified atom stereocenters. The average molecular weight is 363 g/mol. The first-order valence-electron chi connectivity index (χ1n) is 9.69. The number of nitrogens with zero attached hydrogens (tertiary/aromatic N) is 1. The van der Waals surface area contributed by atoms with Gasteiger partial charge in [-0.1, -0.05) is 36.8 Å². The standard InChI is InChI=1S/C20H31NO2.CH2O2/c1-22-19-10-5-11-20(19)12-6-13-21(17-20)14-7-15-23-16-18-8-3-2-4-9-18;2-1-3/h2-4,8-9,19H,5-7,10-17H2,1H3;1H,(H,2,3)/t19-,20-;/m1./s1. The largest absolute Gasteiger partial charge is 0.483 e. The molecule has 0 radical (unpaired) electrons. The van der Waals surface area contributed by atoms with Crippen molar-refractivity contribution in [2.45, 2.75) is 51.2 Å². The molecule has 1 N–H and O–H groups in total. The van der Waals surface area contributed by atoms with Crippen LogP contribution in [0.2, 0.25) is 0 Å². The van der Waals surface area contributed by atoms with Crippen LogP contribution in [0.1, 0.15) is 44.1 Å². The van der Waals surface area contributed by atoms with Crippen molar-refractivity contribution in [2.75, 3.05) is 33.4 Å². The molecule has 5 heteroatoms. The summed E-state index contributed by atoms with van der Waals surface area (Å²) < 4.78 is 11.6. The van der Waals surface area contributed by atoms with Gasteiger partial charge in [-0.25, -0.2) is 0 Å². The number of rotatable bonds is 7. The van der Waals surface area contributed by atoms with E-state index < -0.39 is 0 Å². The summed E-state index contributed by atoms with van der Waals surface area (Å²) in [6.45, 7) is 4.97. The fourth-order valence-corrected chi connectivity index (χ4v) is 4.54. The summed E-state index contributed by atoms with van der Waals surface area (Å²) in [6.07, 6.45) is 8.24. The Morgan fingerprint density at radius 3 is 2.73 bits per heavy atom. The fraction of sp³-hybridized carbons (Fsp3) is 0.667. The highest BCUT2D eigenvalue weighted by molar-refractivity contribution is 5.32. The maximum absolute atomic E-state index is 8.36. The number of likely N-dealkylation sites (tertiary alicyclic amines) is 1. The molecule has 1 saturated carbocycles. The highest BCUT2D eigenvalue weighted by atomic mass is 16.5. The number of methoxy groups -OCH3 is 1. The SMILES string of the molecule is CO[C@@H]1CCC[C@]12CCCN(CCCOCc1ccccc1)C2.O=CO. The lowest BCUT2D eigenvalue weighted by Gasteiger charge is -2.43. The number of carbonyl (C=O) groups is 1. The van der Waals surface area contributed by atoms with Crippen molar-refractivity contribution in [3.8, 4) is 0 Å². The Labute approximate surface area is 157 Å². The fourth-order valence-electron chi connectivity index (χ4n) is 4.54. The third-order valence-corrected chi connectivity index (χ3v) is 5.67. The summed E-state index contributed by atoms with van der Waals surface area (Å²) in [6, 6.07) is 10.4. The van der Waals surface area contributed by atoms with E-state index in [0.717, 1.165) is 26.2 Å². The van der Waals surface area contributed by atoms with Crippen molar-refractivity contribution < 1.29 is 19.4 Å². The van der Waals surface area contributed by atoms with Crippen LogP contribution in [-0.4, -0.2) is 55.9 Å². The van der Waals surface area contributed by atoms with Gasteiger partial charge in [-0.05, 0) is 44.2 Å². The Hall–Kier alpha value is -1.43. The van der Waals surface area contributed by atoms with Crippen molar-refractivity contribution in [1.82, 2.24) is 4.90 Å². The number of ether oxygens (including phenoxy) is 2. The lowest BCUT2D eigenvalue weighted by molar-refractivity contribution is -0.122. The molecule has 2 fully saturated rings. The number of carboxylic acid groups (broad SMARTS) is 1. The van der Waals surface area contributed by atoms with Gasteiger partial charge >= 0.3 is 0 Å². The topological polar surface area (TPSA) is 59.0 Å². The van der Waals surface area contributed by atoms with Gasteiger partial charge in [0.05, 0.1) is 12.7 Å². The second kappa shape index (κ2) is 11.3. The van der Waals surface area contributed by atoms with E-state index in [9.17, 15) is 0 Å². The zero-order valence-corrected chi connectivity index (χ0v) is 15.9. The van der Waals surface area contributed by atoms with E-state index in [1.165, 1.54) is 50.8 Å². The van der Waals surface area contributed by atoms with Crippen LogP contribution in [0.3, 0.4) is 0 Å². The van der Waals surface area contributed by atoms with E-state index in [4.69, 9.17) is 19.4 Å². The van der Waals surface area contributed by atoms with E-state index in [-0.39, 0.29) is 6.47 Å². The number of piperidine rings is 1. The van der Waals surface area contributed by atoms with Gasteiger partial charge < -0.3 is 19.5 Å². The molecule has 2 atom stereocenters. The molecule has 1 spiro atoms. The molecule has 3 rings (SSSR count). The molecule has 1 aliphatic carbocycles. The Morgan fingerprint density at radius 1 is 1.27 bits per heavy atom. The first-order chi connectivity index (χ1) is 12.7. The Bertz CT molecular complexity index is 510. The molecular formula is C21H33NO4. The molecule has 1 aromatic rings. The Morgan fingerprint density at radius 2 is 2.00 bits per heavy atom. The van der Waals surface area contributed by atoms with Crippen LogP contribution < -0.4 is 0 Å². The molecular weight excluding hydrogens is 330 g/mol. The second-order valence-electron chi connectivity index (χ2n) is 7.36. The van der Waals surface area contributed by atoms with Crippen molar-refractivity contribution in [3.05, 3.63) is 35.9 Å². The first-order valence-corrected chi connectivity index (χ1v) is 9.69. The predicted molar refractivity (Wildman–Crippen MR) is 102 cm³/mol. The van der Waals surface area contributed by atoms with Crippen molar-refractivity contribution >= 4 is 6.47 Å². The van der Waals surface area contributed by atoms with Crippen LogP contribution in [0.25, 0.3) is 0 Å². The van der Waals surface area contributed by atoms with Crippen LogP contribution in [0, 0.1) is 5.41 Å². The number of hydrogen-bond acceptors (Lipinski definition) is 4. The van der Waals surface area contributed by atoms with E-state index >= 15 is 0 Å². The maximum atomic E-state index is 8.36. The van der Waals surface area contributed by atoms with Crippen LogP contribution >= 0.6 is 0 Å². The van der Waals surface area contributed by atoms with E-state index in [1.54, 1.807) is 0 Å². The lowest BCUT2D eigenvalue weighted by Crippen LogP contribution is -2.48. The van der Waals surface area contributed by atoms with Gasteiger partial charge in [-0.15, -0.1) is 0 Å². The molecule has 0 amide bonds. The minimum Gasteiger partial charge on any atom is -0.483 e. The second-order valence-corrected chi connectivity index (χ2v) is 7.36. The number of hydrogen-bond donors (Lipinski definition) is 1. The third-order valence-electron chi connectivity index (χ3n) is 5.67. The molecule has 0 bridgehead atoms. The van der Waals surface area contributed by atoms with Crippen LogP contribution in [0.15, 0.2) is 30.3 Å². The quantitative estimate of drug-likeness (QED) is 0.593.